The number of carbonyl (C=O) groups excluding carboxylic acids is 2. The highest BCUT2D eigenvalue weighted by Gasteiger charge is 2.31. The zero-order valence-electron chi connectivity index (χ0n) is 13.5. The van der Waals surface area contributed by atoms with Crippen molar-refractivity contribution in [2.45, 2.75) is 12.5 Å². The van der Waals surface area contributed by atoms with E-state index in [1.165, 1.54) is 0 Å². The van der Waals surface area contributed by atoms with Gasteiger partial charge in [0, 0.05) is 36.9 Å². The van der Waals surface area contributed by atoms with Crippen molar-refractivity contribution in [3.8, 4) is 0 Å². The lowest BCUT2D eigenvalue weighted by atomic mass is 10.2. The average molecular weight is 350 g/mol. The first kappa shape index (κ1) is 16.7. The standard InChI is InChI=1S/C16H20ClN5O2/c1-21-6-8-22(9-7-21)16-19-13(15(24)20-16)10-14(23)18-12-4-2-11(17)3-5-12/h2-5,13H,6-10H2,1H3,(H,18,23)(H,19,20,24)/t13-/m0/s1. The topological polar surface area (TPSA) is 77.0 Å². The Bertz CT molecular complexity index is 653. The fourth-order valence-electron chi connectivity index (χ4n) is 2.67. The van der Waals surface area contributed by atoms with Crippen LogP contribution in [-0.2, 0) is 9.59 Å². The highest BCUT2D eigenvalue weighted by Crippen LogP contribution is 2.15. The Morgan fingerprint density at radius 1 is 1.29 bits per heavy atom. The van der Waals surface area contributed by atoms with Gasteiger partial charge in [-0.1, -0.05) is 11.6 Å². The van der Waals surface area contributed by atoms with Gasteiger partial charge in [-0.3, -0.25) is 14.9 Å². The zero-order valence-corrected chi connectivity index (χ0v) is 14.2. The minimum Gasteiger partial charge on any atom is -0.340 e. The molecule has 0 aromatic heterocycles. The lowest BCUT2D eigenvalue weighted by Crippen LogP contribution is -2.50. The molecule has 1 saturated heterocycles. The van der Waals surface area contributed by atoms with E-state index in [4.69, 9.17) is 11.6 Å². The quantitative estimate of drug-likeness (QED) is 0.845. The molecule has 0 unspecified atom stereocenters. The number of guanidine groups is 1. The third kappa shape index (κ3) is 4.04. The van der Waals surface area contributed by atoms with Gasteiger partial charge in [0.2, 0.25) is 11.9 Å². The second kappa shape index (κ2) is 7.19. The fraction of sp³-hybridized carbons (Fsp3) is 0.438. The third-order valence-electron chi connectivity index (χ3n) is 4.13. The number of anilines is 1. The van der Waals surface area contributed by atoms with Crippen molar-refractivity contribution >= 4 is 35.1 Å². The Morgan fingerprint density at radius 2 is 1.96 bits per heavy atom. The van der Waals surface area contributed by atoms with Gasteiger partial charge >= 0.3 is 0 Å². The van der Waals surface area contributed by atoms with Crippen LogP contribution in [0.5, 0.6) is 0 Å². The van der Waals surface area contributed by atoms with Crippen LogP contribution in [0.25, 0.3) is 0 Å². The van der Waals surface area contributed by atoms with E-state index in [9.17, 15) is 9.59 Å². The van der Waals surface area contributed by atoms with Crippen LogP contribution in [0.1, 0.15) is 6.42 Å². The summed E-state index contributed by atoms with van der Waals surface area (Å²) in [6, 6.07) is 6.15. The van der Waals surface area contributed by atoms with E-state index in [0.29, 0.717) is 16.7 Å². The van der Waals surface area contributed by atoms with E-state index >= 15 is 0 Å². The maximum Gasteiger partial charge on any atom is 0.252 e. The molecule has 1 aromatic rings. The van der Waals surface area contributed by atoms with E-state index in [-0.39, 0.29) is 18.2 Å². The van der Waals surface area contributed by atoms with Crippen molar-refractivity contribution in [2.24, 2.45) is 4.99 Å². The molecule has 0 spiro atoms. The number of nitrogens with one attached hydrogen (secondary N) is 2. The molecule has 1 fully saturated rings. The lowest BCUT2D eigenvalue weighted by Gasteiger charge is -2.33. The normalized spacial score (nSPS) is 21.4. The molecule has 8 heteroatoms. The molecule has 2 aliphatic heterocycles. The van der Waals surface area contributed by atoms with Gasteiger partial charge in [-0.15, -0.1) is 0 Å². The number of likely N-dealkylation sites (N-methyl/N-ethyl adjacent to an activating group) is 1. The van der Waals surface area contributed by atoms with Crippen molar-refractivity contribution < 1.29 is 9.59 Å². The third-order valence-corrected chi connectivity index (χ3v) is 4.38. The molecule has 2 heterocycles. The van der Waals surface area contributed by atoms with E-state index in [0.717, 1.165) is 26.2 Å². The molecule has 2 aliphatic rings. The predicted octanol–water partition coefficient (Wildman–Crippen LogP) is 0.770. The Morgan fingerprint density at radius 3 is 2.62 bits per heavy atom. The number of piperazine rings is 1. The van der Waals surface area contributed by atoms with Crippen LogP contribution in [0, 0.1) is 0 Å². The van der Waals surface area contributed by atoms with Gasteiger partial charge in [0.05, 0.1) is 6.42 Å². The Balaban J connectivity index is 1.57. The summed E-state index contributed by atoms with van der Waals surface area (Å²) in [5, 5.41) is 6.14. The maximum absolute atomic E-state index is 12.1. The first-order valence-corrected chi connectivity index (χ1v) is 8.26. The molecule has 1 atom stereocenters. The summed E-state index contributed by atoms with van der Waals surface area (Å²) >= 11 is 5.81. The number of carbonyl (C=O) groups is 2. The van der Waals surface area contributed by atoms with Gasteiger partial charge in [-0.05, 0) is 31.3 Å². The molecule has 128 valence electrons. The Labute approximate surface area is 145 Å². The number of benzene rings is 1. The van der Waals surface area contributed by atoms with E-state index in [1.54, 1.807) is 24.3 Å². The maximum atomic E-state index is 12.1. The molecular formula is C16H20ClN5O2. The molecule has 24 heavy (non-hydrogen) atoms. The molecule has 1 aromatic carbocycles. The first-order chi connectivity index (χ1) is 11.5. The van der Waals surface area contributed by atoms with Crippen molar-refractivity contribution in [3.05, 3.63) is 29.3 Å². The minimum atomic E-state index is -0.674. The number of hydrogen-bond donors (Lipinski definition) is 2. The van der Waals surface area contributed by atoms with E-state index in [2.05, 4.69) is 32.5 Å². The van der Waals surface area contributed by atoms with Crippen LogP contribution in [0.3, 0.4) is 0 Å². The molecule has 7 nitrogen and oxygen atoms in total. The van der Waals surface area contributed by atoms with Gasteiger partial charge in [0.25, 0.3) is 5.91 Å². The van der Waals surface area contributed by atoms with Gasteiger partial charge in [0.1, 0.15) is 6.04 Å². The average Bonchev–Trinajstić information content (AvgIpc) is 2.91. The second-order valence-electron chi connectivity index (χ2n) is 6.01. The molecule has 0 radical (unpaired) electrons. The summed E-state index contributed by atoms with van der Waals surface area (Å²) in [6.07, 6.45) is 0.0195. The van der Waals surface area contributed by atoms with Crippen LogP contribution in [0.2, 0.25) is 5.02 Å². The van der Waals surface area contributed by atoms with Gasteiger partial charge in [-0.2, -0.15) is 0 Å². The Hall–Kier alpha value is -2.12. The predicted molar refractivity (Wildman–Crippen MR) is 93.1 cm³/mol. The van der Waals surface area contributed by atoms with Crippen molar-refractivity contribution in [3.63, 3.8) is 0 Å². The van der Waals surface area contributed by atoms with Crippen LogP contribution in [0.15, 0.2) is 29.3 Å². The summed E-state index contributed by atoms with van der Waals surface area (Å²) < 4.78 is 0. The molecule has 2 amide bonds. The van der Waals surface area contributed by atoms with Crippen LogP contribution < -0.4 is 10.6 Å². The highest BCUT2D eigenvalue weighted by molar-refractivity contribution is 6.30. The first-order valence-electron chi connectivity index (χ1n) is 7.89. The molecule has 0 bridgehead atoms. The number of aliphatic imine (C=N–C) groups is 1. The van der Waals surface area contributed by atoms with Crippen molar-refractivity contribution in [1.82, 2.24) is 15.1 Å². The summed E-state index contributed by atoms with van der Waals surface area (Å²) in [7, 11) is 2.07. The largest absolute Gasteiger partial charge is 0.340 e. The SMILES string of the molecule is CN1CCN(C2=N[C@@H](CC(=O)Nc3ccc(Cl)cc3)C(=O)N2)CC1. The van der Waals surface area contributed by atoms with Gasteiger partial charge in [0.15, 0.2) is 0 Å². The summed E-state index contributed by atoms with van der Waals surface area (Å²) in [5.74, 6) is 0.105. The highest BCUT2D eigenvalue weighted by atomic mass is 35.5. The summed E-state index contributed by atoms with van der Waals surface area (Å²) in [5.41, 5.74) is 0.645. The molecule has 0 saturated carbocycles. The smallest absolute Gasteiger partial charge is 0.252 e. The minimum absolute atomic E-state index is 0.0195. The zero-order chi connectivity index (χ0) is 17.1. The summed E-state index contributed by atoms with van der Waals surface area (Å²) in [4.78, 5) is 32.8. The Kier molecular flexibility index (Phi) is 5.01. The number of hydrogen-bond acceptors (Lipinski definition) is 5. The number of amides is 2. The molecule has 0 aliphatic carbocycles. The second-order valence-corrected chi connectivity index (χ2v) is 6.44. The monoisotopic (exact) mass is 349 g/mol. The van der Waals surface area contributed by atoms with Gasteiger partial charge in [-0.25, -0.2) is 4.99 Å². The number of halogens is 1. The van der Waals surface area contributed by atoms with Crippen molar-refractivity contribution in [2.75, 3.05) is 38.5 Å². The lowest BCUT2D eigenvalue weighted by molar-refractivity contribution is -0.124. The molecule has 2 N–H and O–H groups in total. The van der Waals surface area contributed by atoms with E-state index in [1.807, 2.05) is 0 Å². The number of nitrogens with zero attached hydrogens (tertiary/aromatic N) is 3. The van der Waals surface area contributed by atoms with E-state index < -0.39 is 6.04 Å². The van der Waals surface area contributed by atoms with Gasteiger partial charge < -0.3 is 15.1 Å². The molecular weight excluding hydrogens is 330 g/mol. The summed E-state index contributed by atoms with van der Waals surface area (Å²) in [6.45, 7) is 3.49. The number of rotatable bonds is 3. The van der Waals surface area contributed by atoms with Crippen LogP contribution in [0.4, 0.5) is 5.69 Å². The fourth-order valence-corrected chi connectivity index (χ4v) is 2.80. The molecule has 3 rings (SSSR count). The van der Waals surface area contributed by atoms with Crippen LogP contribution >= 0.6 is 11.6 Å². The van der Waals surface area contributed by atoms with Crippen molar-refractivity contribution in [1.29, 1.82) is 0 Å². The van der Waals surface area contributed by atoms with Crippen LogP contribution in [-0.4, -0.2) is 66.8 Å².